The van der Waals surface area contributed by atoms with E-state index in [9.17, 15) is 9.59 Å². The van der Waals surface area contributed by atoms with E-state index >= 15 is 0 Å². The fourth-order valence-corrected chi connectivity index (χ4v) is 3.54. The van der Waals surface area contributed by atoms with Crippen LogP contribution >= 0.6 is 0 Å². The maximum absolute atomic E-state index is 13.1. The summed E-state index contributed by atoms with van der Waals surface area (Å²) in [4.78, 5) is 26.2. The van der Waals surface area contributed by atoms with Gasteiger partial charge in [0.2, 0.25) is 0 Å². The molecule has 0 bridgehead atoms. The van der Waals surface area contributed by atoms with Crippen LogP contribution in [0.5, 0.6) is 0 Å². The molecule has 2 aromatic carbocycles. The molecule has 0 saturated heterocycles. The van der Waals surface area contributed by atoms with Crippen LogP contribution in [0.25, 0.3) is 0 Å². The van der Waals surface area contributed by atoms with Gasteiger partial charge in [0.15, 0.2) is 11.6 Å². The second kappa shape index (κ2) is 5.20. The molecular formula is C20H20O2. The van der Waals surface area contributed by atoms with E-state index in [-0.39, 0.29) is 17.0 Å². The maximum atomic E-state index is 13.1. The van der Waals surface area contributed by atoms with E-state index in [1.54, 1.807) is 0 Å². The van der Waals surface area contributed by atoms with Crippen LogP contribution in [0, 0.1) is 5.41 Å². The SMILES string of the molecule is CC1(C)CC(=O)C(c2ccccc2)(c2ccccc2)C(=O)C1. The number of hydrogen-bond donors (Lipinski definition) is 0. The Kier molecular flexibility index (Phi) is 3.48. The van der Waals surface area contributed by atoms with Gasteiger partial charge in [-0.25, -0.2) is 0 Å². The van der Waals surface area contributed by atoms with Gasteiger partial charge in [0.1, 0.15) is 5.41 Å². The topological polar surface area (TPSA) is 34.1 Å². The highest BCUT2D eigenvalue weighted by molar-refractivity contribution is 6.18. The summed E-state index contributed by atoms with van der Waals surface area (Å²) in [5.74, 6) is 0.0114. The van der Waals surface area contributed by atoms with Crippen molar-refractivity contribution in [3.05, 3.63) is 71.8 Å². The van der Waals surface area contributed by atoms with Crippen LogP contribution < -0.4 is 0 Å². The third-order valence-electron chi connectivity index (χ3n) is 4.53. The first kappa shape index (κ1) is 14.7. The first-order valence-corrected chi connectivity index (χ1v) is 7.64. The highest BCUT2D eigenvalue weighted by Crippen LogP contribution is 2.45. The van der Waals surface area contributed by atoms with Crippen LogP contribution in [0.3, 0.4) is 0 Å². The Labute approximate surface area is 131 Å². The van der Waals surface area contributed by atoms with Gasteiger partial charge >= 0.3 is 0 Å². The molecule has 0 atom stereocenters. The molecular weight excluding hydrogens is 272 g/mol. The van der Waals surface area contributed by atoms with Gasteiger partial charge in [-0.3, -0.25) is 9.59 Å². The van der Waals surface area contributed by atoms with Gasteiger partial charge in [-0.2, -0.15) is 0 Å². The zero-order valence-electron chi connectivity index (χ0n) is 13.0. The van der Waals surface area contributed by atoms with Gasteiger partial charge in [-0.05, 0) is 16.5 Å². The monoisotopic (exact) mass is 292 g/mol. The lowest BCUT2D eigenvalue weighted by atomic mass is 9.58. The van der Waals surface area contributed by atoms with E-state index in [4.69, 9.17) is 0 Å². The third-order valence-corrected chi connectivity index (χ3v) is 4.53. The smallest absolute Gasteiger partial charge is 0.155 e. The molecule has 1 fully saturated rings. The maximum Gasteiger partial charge on any atom is 0.155 e. The summed E-state index contributed by atoms with van der Waals surface area (Å²) in [5, 5.41) is 0. The first-order valence-electron chi connectivity index (χ1n) is 7.64. The van der Waals surface area contributed by atoms with Crippen molar-refractivity contribution < 1.29 is 9.59 Å². The van der Waals surface area contributed by atoms with Crippen LogP contribution in [-0.2, 0) is 15.0 Å². The minimum absolute atomic E-state index is 0.00569. The fraction of sp³-hybridized carbons (Fsp3) is 0.300. The number of rotatable bonds is 2. The van der Waals surface area contributed by atoms with E-state index in [2.05, 4.69) is 0 Å². The Balaban J connectivity index is 2.26. The molecule has 1 aliphatic rings. The molecule has 0 spiro atoms. The summed E-state index contributed by atoms with van der Waals surface area (Å²) in [6.07, 6.45) is 0.838. The summed E-state index contributed by atoms with van der Waals surface area (Å²) in [5.41, 5.74) is 0.164. The summed E-state index contributed by atoms with van der Waals surface area (Å²) in [6, 6.07) is 18.9. The van der Waals surface area contributed by atoms with Gasteiger partial charge < -0.3 is 0 Å². The molecule has 0 radical (unpaired) electrons. The molecule has 112 valence electrons. The normalized spacial score (nSPS) is 19.9. The molecule has 0 heterocycles. The number of hydrogen-bond acceptors (Lipinski definition) is 2. The van der Waals surface area contributed by atoms with Gasteiger partial charge in [-0.15, -0.1) is 0 Å². The van der Waals surface area contributed by atoms with E-state index in [0.29, 0.717) is 12.8 Å². The van der Waals surface area contributed by atoms with Crippen molar-refractivity contribution >= 4 is 11.6 Å². The van der Waals surface area contributed by atoms with Crippen LogP contribution in [0.4, 0.5) is 0 Å². The fourth-order valence-electron chi connectivity index (χ4n) is 3.54. The lowest BCUT2D eigenvalue weighted by Crippen LogP contribution is -2.51. The molecule has 2 aromatic rings. The van der Waals surface area contributed by atoms with E-state index in [1.165, 1.54) is 0 Å². The number of carbonyl (C=O) groups is 2. The summed E-state index contributed by atoms with van der Waals surface area (Å²) in [6.45, 7) is 3.98. The quantitative estimate of drug-likeness (QED) is 0.786. The Bertz CT molecular complexity index is 638. The second-order valence-electron chi connectivity index (χ2n) is 6.85. The molecule has 0 unspecified atom stereocenters. The van der Waals surface area contributed by atoms with E-state index in [0.717, 1.165) is 11.1 Å². The average molecular weight is 292 g/mol. The molecule has 1 aliphatic carbocycles. The zero-order chi connectivity index (χ0) is 15.8. The Morgan fingerprint density at radius 1 is 0.682 bits per heavy atom. The van der Waals surface area contributed by atoms with Crippen LogP contribution in [0.15, 0.2) is 60.7 Å². The van der Waals surface area contributed by atoms with Crippen LogP contribution in [0.1, 0.15) is 37.8 Å². The lowest BCUT2D eigenvalue weighted by Gasteiger charge is -2.41. The molecule has 2 heteroatoms. The van der Waals surface area contributed by atoms with Gasteiger partial charge in [0.05, 0.1) is 0 Å². The highest BCUT2D eigenvalue weighted by Gasteiger charge is 2.53. The molecule has 22 heavy (non-hydrogen) atoms. The second-order valence-corrected chi connectivity index (χ2v) is 6.85. The average Bonchev–Trinajstić information content (AvgIpc) is 2.48. The molecule has 0 aromatic heterocycles. The van der Waals surface area contributed by atoms with Crippen LogP contribution in [-0.4, -0.2) is 11.6 Å². The highest BCUT2D eigenvalue weighted by atomic mass is 16.2. The van der Waals surface area contributed by atoms with Gasteiger partial charge in [0.25, 0.3) is 0 Å². The Morgan fingerprint density at radius 2 is 1.05 bits per heavy atom. The van der Waals surface area contributed by atoms with Crippen molar-refractivity contribution in [1.82, 2.24) is 0 Å². The minimum Gasteiger partial charge on any atom is -0.298 e. The van der Waals surface area contributed by atoms with Crippen LogP contribution in [0.2, 0.25) is 0 Å². The lowest BCUT2D eigenvalue weighted by molar-refractivity contribution is -0.140. The summed E-state index contributed by atoms with van der Waals surface area (Å²) < 4.78 is 0. The number of ketones is 2. The van der Waals surface area contributed by atoms with Crippen molar-refractivity contribution in [2.45, 2.75) is 32.1 Å². The molecule has 2 nitrogen and oxygen atoms in total. The molecule has 0 aliphatic heterocycles. The molecule has 1 saturated carbocycles. The predicted octanol–water partition coefficient (Wildman–Crippen LogP) is 3.93. The third kappa shape index (κ3) is 2.19. The Morgan fingerprint density at radius 3 is 1.41 bits per heavy atom. The number of carbonyl (C=O) groups excluding carboxylic acids is 2. The standard InChI is InChI=1S/C20H20O2/c1-19(2)13-17(21)20(18(22)14-19,15-9-5-3-6-10-15)16-11-7-4-8-12-16/h3-12H,13-14H2,1-2H3. The molecule has 0 amide bonds. The van der Waals surface area contributed by atoms with Crippen molar-refractivity contribution in [2.75, 3.05) is 0 Å². The molecule has 3 rings (SSSR count). The number of benzene rings is 2. The van der Waals surface area contributed by atoms with E-state index in [1.807, 2.05) is 74.5 Å². The van der Waals surface area contributed by atoms with E-state index < -0.39 is 5.41 Å². The Hall–Kier alpha value is -2.22. The zero-order valence-corrected chi connectivity index (χ0v) is 13.0. The number of Topliss-reactive ketones (excluding diaryl/α,β-unsaturated/α-hetero) is 2. The molecule has 0 N–H and O–H groups in total. The summed E-state index contributed by atoms with van der Waals surface area (Å²) >= 11 is 0. The minimum atomic E-state index is -1.14. The largest absolute Gasteiger partial charge is 0.298 e. The van der Waals surface area contributed by atoms with Crippen molar-refractivity contribution in [1.29, 1.82) is 0 Å². The summed E-state index contributed by atoms with van der Waals surface area (Å²) in [7, 11) is 0. The van der Waals surface area contributed by atoms with Crippen molar-refractivity contribution in [3.63, 3.8) is 0 Å². The van der Waals surface area contributed by atoms with Gasteiger partial charge in [-0.1, -0.05) is 74.5 Å². The van der Waals surface area contributed by atoms with Gasteiger partial charge in [0, 0.05) is 12.8 Å². The van der Waals surface area contributed by atoms with Crippen molar-refractivity contribution in [2.24, 2.45) is 5.41 Å². The predicted molar refractivity (Wildman–Crippen MR) is 86.7 cm³/mol. The van der Waals surface area contributed by atoms with Crippen molar-refractivity contribution in [3.8, 4) is 0 Å². The first-order chi connectivity index (χ1) is 10.5.